The van der Waals surface area contributed by atoms with Crippen LogP contribution in [0.2, 0.25) is 0 Å². The van der Waals surface area contributed by atoms with Crippen molar-refractivity contribution in [2.75, 3.05) is 31.2 Å². The predicted molar refractivity (Wildman–Crippen MR) is 67.7 cm³/mol. The Morgan fingerprint density at radius 3 is 2.41 bits per heavy atom. The van der Waals surface area contributed by atoms with E-state index in [4.69, 9.17) is 5.11 Å². The van der Waals surface area contributed by atoms with Crippen molar-refractivity contribution in [1.82, 2.24) is 4.90 Å². The van der Waals surface area contributed by atoms with Crippen LogP contribution in [0.3, 0.4) is 0 Å². The Bertz CT molecular complexity index is 336. The summed E-state index contributed by atoms with van der Waals surface area (Å²) in [5.74, 6) is 1.33. The lowest BCUT2D eigenvalue weighted by Crippen LogP contribution is -2.41. The number of sulfone groups is 1. The van der Waals surface area contributed by atoms with Gasteiger partial charge in [0.15, 0.2) is 9.84 Å². The highest BCUT2D eigenvalue weighted by Crippen LogP contribution is 2.27. The number of aliphatic hydroxyl groups excluding tert-OH is 1. The van der Waals surface area contributed by atoms with E-state index in [1.165, 1.54) is 25.7 Å². The molecule has 1 unspecified atom stereocenters. The molecule has 1 aliphatic carbocycles. The Hall–Kier alpha value is -0.130. The molecule has 0 spiro atoms. The van der Waals surface area contributed by atoms with Crippen molar-refractivity contribution in [3.63, 3.8) is 0 Å². The van der Waals surface area contributed by atoms with E-state index in [0.717, 1.165) is 13.0 Å². The number of aliphatic hydroxyl groups is 1. The summed E-state index contributed by atoms with van der Waals surface area (Å²) in [6.45, 7) is 1.72. The van der Waals surface area contributed by atoms with Crippen LogP contribution in [-0.2, 0) is 9.84 Å². The van der Waals surface area contributed by atoms with Gasteiger partial charge in [0.05, 0.1) is 18.1 Å². The maximum atomic E-state index is 11.5. The van der Waals surface area contributed by atoms with Crippen molar-refractivity contribution in [2.45, 2.75) is 38.1 Å². The summed E-state index contributed by atoms with van der Waals surface area (Å²) in [6, 6.07) is 0.146. The minimum Gasteiger partial charge on any atom is -0.395 e. The van der Waals surface area contributed by atoms with E-state index in [2.05, 4.69) is 4.90 Å². The minimum absolute atomic E-state index is 0.128. The molecule has 2 fully saturated rings. The molecule has 1 saturated heterocycles. The highest BCUT2D eigenvalue weighted by Gasteiger charge is 2.33. The largest absolute Gasteiger partial charge is 0.395 e. The van der Waals surface area contributed by atoms with Gasteiger partial charge in [-0.15, -0.1) is 0 Å². The van der Waals surface area contributed by atoms with E-state index < -0.39 is 9.84 Å². The summed E-state index contributed by atoms with van der Waals surface area (Å²) in [4.78, 5) is 2.21. The third kappa shape index (κ3) is 3.66. The van der Waals surface area contributed by atoms with Gasteiger partial charge in [0.1, 0.15) is 0 Å². The number of nitrogens with zero attached hydrogens (tertiary/aromatic N) is 1. The van der Waals surface area contributed by atoms with Gasteiger partial charge >= 0.3 is 0 Å². The van der Waals surface area contributed by atoms with Gasteiger partial charge < -0.3 is 5.11 Å². The molecule has 0 radical (unpaired) electrons. The lowest BCUT2D eigenvalue weighted by Gasteiger charge is -2.29. The average molecular weight is 261 g/mol. The molecule has 1 atom stereocenters. The van der Waals surface area contributed by atoms with Crippen molar-refractivity contribution in [3.8, 4) is 0 Å². The topological polar surface area (TPSA) is 57.6 Å². The van der Waals surface area contributed by atoms with Crippen molar-refractivity contribution < 1.29 is 13.5 Å². The molecule has 2 rings (SSSR count). The zero-order chi connectivity index (χ0) is 12.3. The highest BCUT2D eigenvalue weighted by molar-refractivity contribution is 7.91. The molecule has 4 nitrogen and oxygen atoms in total. The Balaban J connectivity index is 1.92. The Kier molecular flexibility index (Phi) is 4.44. The van der Waals surface area contributed by atoms with Gasteiger partial charge in [-0.25, -0.2) is 8.42 Å². The zero-order valence-electron chi connectivity index (χ0n) is 10.3. The highest BCUT2D eigenvalue weighted by atomic mass is 32.2. The maximum absolute atomic E-state index is 11.5. The second kappa shape index (κ2) is 5.67. The average Bonchev–Trinajstić information content (AvgIpc) is 2.87. The predicted octanol–water partition coefficient (Wildman–Crippen LogP) is 0.658. The van der Waals surface area contributed by atoms with E-state index in [0.29, 0.717) is 24.0 Å². The van der Waals surface area contributed by atoms with Gasteiger partial charge in [0, 0.05) is 19.1 Å². The molecular weight excluding hydrogens is 238 g/mol. The number of hydrogen-bond donors (Lipinski definition) is 1. The Morgan fingerprint density at radius 2 is 1.88 bits per heavy atom. The standard InChI is InChI=1S/C12H23NO3S/c14-7-6-13(9-11-3-1-2-4-11)12-5-8-17(15,16)10-12/h11-12,14H,1-10H2. The first-order valence-electron chi connectivity index (χ1n) is 6.66. The van der Waals surface area contributed by atoms with E-state index in [1.807, 2.05) is 0 Å². The van der Waals surface area contributed by atoms with E-state index in [-0.39, 0.29) is 12.6 Å². The van der Waals surface area contributed by atoms with Crippen molar-refractivity contribution in [3.05, 3.63) is 0 Å². The second-order valence-electron chi connectivity index (χ2n) is 5.43. The summed E-state index contributed by atoms with van der Waals surface area (Å²) in [5, 5.41) is 9.11. The maximum Gasteiger partial charge on any atom is 0.151 e. The molecule has 2 aliphatic rings. The fourth-order valence-electron chi connectivity index (χ4n) is 3.14. The van der Waals surface area contributed by atoms with Crippen LogP contribution in [0.1, 0.15) is 32.1 Å². The van der Waals surface area contributed by atoms with Crippen LogP contribution in [0.4, 0.5) is 0 Å². The molecule has 100 valence electrons. The summed E-state index contributed by atoms with van der Waals surface area (Å²) >= 11 is 0. The lowest BCUT2D eigenvalue weighted by molar-refractivity contribution is 0.140. The van der Waals surface area contributed by atoms with Crippen LogP contribution in [0.15, 0.2) is 0 Å². The van der Waals surface area contributed by atoms with Gasteiger partial charge in [0.2, 0.25) is 0 Å². The molecule has 0 amide bonds. The molecule has 0 aromatic heterocycles. The van der Waals surface area contributed by atoms with Crippen molar-refractivity contribution in [2.24, 2.45) is 5.92 Å². The number of rotatable bonds is 5. The monoisotopic (exact) mass is 261 g/mol. The van der Waals surface area contributed by atoms with E-state index in [9.17, 15) is 8.42 Å². The zero-order valence-corrected chi connectivity index (χ0v) is 11.2. The molecule has 0 aromatic carbocycles. The molecule has 1 saturated carbocycles. The minimum atomic E-state index is -2.82. The third-order valence-electron chi connectivity index (χ3n) is 4.08. The first-order chi connectivity index (χ1) is 8.11. The first-order valence-corrected chi connectivity index (χ1v) is 8.48. The second-order valence-corrected chi connectivity index (χ2v) is 7.65. The van der Waals surface area contributed by atoms with Gasteiger partial charge in [-0.3, -0.25) is 4.90 Å². The molecule has 0 aromatic rings. The Labute approximate surface area is 104 Å². The normalized spacial score (nSPS) is 29.2. The molecule has 1 N–H and O–H groups in total. The van der Waals surface area contributed by atoms with Crippen LogP contribution in [0.5, 0.6) is 0 Å². The third-order valence-corrected chi connectivity index (χ3v) is 5.83. The first kappa shape index (κ1) is 13.3. The van der Waals surface area contributed by atoms with Gasteiger partial charge in [-0.1, -0.05) is 12.8 Å². The van der Waals surface area contributed by atoms with Crippen molar-refractivity contribution >= 4 is 9.84 Å². The molecule has 5 heteroatoms. The van der Waals surface area contributed by atoms with E-state index >= 15 is 0 Å². The summed E-state index contributed by atoms with van der Waals surface area (Å²) in [6.07, 6.45) is 5.89. The number of hydrogen-bond acceptors (Lipinski definition) is 4. The fourth-order valence-corrected chi connectivity index (χ4v) is 4.90. The molecule has 0 bridgehead atoms. The van der Waals surface area contributed by atoms with Crippen LogP contribution in [-0.4, -0.2) is 55.7 Å². The summed E-state index contributed by atoms with van der Waals surface area (Å²) in [7, 11) is -2.82. The van der Waals surface area contributed by atoms with Crippen LogP contribution >= 0.6 is 0 Å². The van der Waals surface area contributed by atoms with Gasteiger partial charge in [-0.05, 0) is 25.2 Å². The van der Waals surface area contributed by atoms with Crippen LogP contribution in [0.25, 0.3) is 0 Å². The van der Waals surface area contributed by atoms with Crippen LogP contribution < -0.4 is 0 Å². The lowest BCUT2D eigenvalue weighted by atomic mass is 10.1. The van der Waals surface area contributed by atoms with Gasteiger partial charge in [-0.2, -0.15) is 0 Å². The summed E-state index contributed by atoms with van der Waals surface area (Å²) < 4.78 is 23.0. The molecular formula is C12H23NO3S. The summed E-state index contributed by atoms with van der Waals surface area (Å²) in [5.41, 5.74) is 0. The van der Waals surface area contributed by atoms with Gasteiger partial charge in [0.25, 0.3) is 0 Å². The Morgan fingerprint density at radius 1 is 1.18 bits per heavy atom. The molecule has 1 heterocycles. The SMILES string of the molecule is O=S1(=O)CCC(N(CCO)CC2CCCC2)C1. The quantitative estimate of drug-likeness (QED) is 0.790. The molecule has 1 aliphatic heterocycles. The fraction of sp³-hybridized carbons (Fsp3) is 1.00. The molecule has 17 heavy (non-hydrogen) atoms. The smallest absolute Gasteiger partial charge is 0.151 e. The van der Waals surface area contributed by atoms with E-state index in [1.54, 1.807) is 0 Å². The van der Waals surface area contributed by atoms with Crippen molar-refractivity contribution in [1.29, 1.82) is 0 Å². The van der Waals surface area contributed by atoms with Crippen LogP contribution in [0, 0.1) is 5.92 Å².